The molecule has 3 heterocycles. The zero-order chi connectivity index (χ0) is 20.9. The highest BCUT2D eigenvalue weighted by Gasteiger charge is 2.48. The maximum Gasteiger partial charge on any atom is 0.175 e. The fourth-order valence-corrected chi connectivity index (χ4v) is 4.66. The van der Waals surface area contributed by atoms with E-state index in [4.69, 9.17) is 4.74 Å². The van der Waals surface area contributed by atoms with Gasteiger partial charge in [0.05, 0.1) is 10.6 Å². The third-order valence-electron chi connectivity index (χ3n) is 5.21. The first-order valence-corrected chi connectivity index (χ1v) is 10.9. The van der Waals surface area contributed by atoms with Crippen molar-refractivity contribution in [2.45, 2.75) is 42.5 Å². The van der Waals surface area contributed by atoms with Crippen LogP contribution in [0.25, 0.3) is 11.0 Å². The van der Waals surface area contributed by atoms with Gasteiger partial charge in [0.1, 0.15) is 36.4 Å². The molecule has 9 nitrogen and oxygen atoms in total. The average molecular weight is 419 g/mol. The first-order chi connectivity index (χ1) is 13.7. The van der Waals surface area contributed by atoms with E-state index in [1.54, 1.807) is 29.0 Å². The molecular weight excluding hydrogens is 398 g/mol. The van der Waals surface area contributed by atoms with Crippen molar-refractivity contribution in [3.8, 4) is 0 Å². The molecule has 0 aliphatic carbocycles. The highest BCUT2D eigenvalue weighted by atomic mass is 32.2. The highest BCUT2D eigenvalue weighted by molar-refractivity contribution is 7.90. The second-order valence-electron chi connectivity index (χ2n) is 7.15. The van der Waals surface area contributed by atoms with Crippen LogP contribution in [-0.2, 0) is 14.6 Å². The molecule has 1 aliphatic heterocycles. The van der Waals surface area contributed by atoms with Crippen molar-refractivity contribution >= 4 is 20.9 Å². The van der Waals surface area contributed by atoms with E-state index in [0.717, 1.165) is 17.3 Å². The number of ether oxygens (including phenoxy) is 1. The minimum Gasteiger partial charge on any atom is -0.387 e. The molecule has 0 bridgehead atoms. The summed E-state index contributed by atoms with van der Waals surface area (Å²) in [4.78, 5) is 8.28. The first kappa shape index (κ1) is 19.9. The van der Waals surface area contributed by atoms with E-state index in [9.17, 15) is 23.7 Å². The van der Waals surface area contributed by atoms with Crippen molar-refractivity contribution in [1.82, 2.24) is 14.5 Å². The fraction of sp³-hybridized carbons (Fsp3) is 0.368. The maximum absolute atomic E-state index is 12.1. The number of hydrogen-bond acceptors (Lipinski definition) is 8. The van der Waals surface area contributed by atoms with Gasteiger partial charge in [0.15, 0.2) is 16.1 Å². The summed E-state index contributed by atoms with van der Waals surface area (Å²) in [6, 6.07) is 7.74. The van der Waals surface area contributed by atoms with Crippen LogP contribution in [0.15, 0.2) is 47.8 Å². The molecule has 0 amide bonds. The zero-order valence-corrected chi connectivity index (χ0v) is 16.6. The third-order valence-corrected chi connectivity index (χ3v) is 6.38. The van der Waals surface area contributed by atoms with E-state index in [1.165, 1.54) is 18.5 Å². The van der Waals surface area contributed by atoms with Crippen molar-refractivity contribution in [2.24, 2.45) is 0 Å². The van der Waals surface area contributed by atoms with Crippen LogP contribution in [0, 0.1) is 6.92 Å². The van der Waals surface area contributed by atoms with Crippen molar-refractivity contribution in [3.05, 3.63) is 54.1 Å². The Bertz CT molecular complexity index is 1160. The molecule has 0 saturated carbocycles. The van der Waals surface area contributed by atoms with Crippen LogP contribution in [0.1, 0.15) is 23.6 Å². The number of sulfone groups is 1. The van der Waals surface area contributed by atoms with Crippen LogP contribution in [0.4, 0.5) is 0 Å². The predicted molar refractivity (Wildman–Crippen MR) is 103 cm³/mol. The minimum atomic E-state index is -3.61. The van der Waals surface area contributed by atoms with E-state index in [2.05, 4.69) is 9.97 Å². The Balaban J connectivity index is 1.70. The van der Waals surface area contributed by atoms with E-state index < -0.39 is 40.5 Å². The molecule has 3 N–H and O–H groups in total. The van der Waals surface area contributed by atoms with Crippen LogP contribution in [0.2, 0.25) is 0 Å². The highest BCUT2D eigenvalue weighted by Crippen LogP contribution is 2.38. The topological polar surface area (TPSA) is 135 Å². The lowest BCUT2D eigenvalue weighted by Crippen LogP contribution is -2.35. The number of fused-ring (bicyclic) bond motifs is 1. The second-order valence-corrected chi connectivity index (χ2v) is 9.13. The van der Waals surface area contributed by atoms with Crippen LogP contribution < -0.4 is 0 Å². The lowest BCUT2D eigenvalue weighted by atomic mass is 9.99. The van der Waals surface area contributed by atoms with Crippen molar-refractivity contribution in [3.63, 3.8) is 0 Å². The maximum atomic E-state index is 12.1. The molecule has 5 atom stereocenters. The molecule has 0 spiro atoms. The van der Waals surface area contributed by atoms with Gasteiger partial charge < -0.3 is 24.6 Å². The lowest BCUT2D eigenvalue weighted by molar-refractivity contribution is -0.0855. The molecule has 29 heavy (non-hydrogen) atoms. The number of nitrogens with zero attached hydrogens (tertiary/aromatic N) is 3. The molecule has 0 radical (unpaired) electrons. The van der Waals surface area contributed by atoms with E-state index in [1.807, 2.05) is 6.92 Å². The van der Waals surface area contributed by atoms with Gasteiger partial charge in [-0.1, -0.05) is 18.2 Å². The van der Waals surface area contributed by atoms with Gasteiger partial charge in [-0.2, -0.15) is 0 Å². The number of hydrogen-bond donors (Lipinski definition) is 3. The Kier molecular flexibility index (Phi) is 4.91. The van der Waals surface area contributed by atoms with Gasteiger partial charge in [-0.05, 0) is 19.1 Å². The molecule has 0 unspecified atom stereocenters. The Morgan fingerprint density at radius 2 is 1.86 bits per heavy atom. The number of aryl methyl sites for hydroxylation is 1. The summed E-state index contributed by atoms with van der Waals surface area (Å²) in [5.74, 6) is 0. The number of rotatable bonds is 4. The van der Waals surface area contributed by atoms with Gasteiger partial charge in [-0.3, -0.25) is 0 Å². The Labute approximate surface area is 167 Å². The fourth-order valence-electron chi connectivity index (χ4n) is 3.72. The van der Waals surface area contributed by atoms with Crippen LogP contribution in [0.3, 0.4) is 0 Å². The predicted octanol–water partition coefficient (Wildman–Crippen LogP) is 0.496. The largest absolute Gasteiger partial charge is 0.387 e. The summed E-state index contributed by atoms with van der Waals surface area (Å²) >= 11 is 0. The molecule has 4 rings (SSSR count). The van der Waals surface area contributed by atoms with Crippen molar-refractivity contribution in [2.75, 3.05) is 6.26 Å². The van der Waals surface area contributed by atoms with Crippen molar-refractivity contribution < 1.29 is 28.5 Å². The summed E-state index contributed by atoms with van der Waals surface area (Å²) in [6.45, 7) is 1.82. The molecule has 1 saturated heterocycles. The Hall–Kier alpha value is -2.37. The van der Waals surface area contributed by atoms with E-state index in [-0.39, 0.29) is 10.5 Å². The van der Waals surface area contributed by atoms with Gasteiger partial charge in [0.25, 0.3) is 0 Å². The van der Waals surface area contributed by atoms with Crippen LogP contribution in [-0.4, -0.2) is 62.8 Å². The third kappa shape index (κ3) is 3.32. The van der Waals surface area contributed by atoms with Gasteiger partial charge in [-0.25, -0.2) is 18.4 Å². The number of aliphatic hydroxyl groups excluding tert-OH is 3. The van der Waals surface area contributed by atoms with Crippen LogP contribution in [0.5, 0.6) is 0 Å². The summed E-state index contributed by atoms with van der Waals surface area (Å²) < 4.78 is 31.5. The number of aliphatic hydroxyl groups is 3. The SMILES string of the molecule is Cc1ncnc2c1ccn2[C@@H]1O[C@H]([C@H](O)c2ccccc2S(C)(=O)=O)[C@@H](O)[C@H]1O. The van der Waals surface area contributed by atoms with Gasteiger partial charge in [0.2, 0.25) is 0 Å². The number of aromatic nitrogens is 3. The number of benzene rings is 1. The van der Waals surface area contributed by atoms with E-state index in [0.29, 0.717) is 5.65 Å². The molecule has 2 aromatic heterocycles. The zero-order valence-electron chi connectivity index (χ0n) is 15.7. The van der Waals surface area contributed by atoms with Gasteiger partial charge in [-0.15, -0.1) is 0 Å². The molecule has 1 aliphatic rings. The summed E-state index contributed by atoms with van der Waals surface area (Å²) in [5.41, 5.74) is 1.36. The normalized spacial score (nSPS) is 26.1. The van der Waals surface area contributed by atoms with Gasteiger partial charge >= 0.3 is 0 Å². The smallest absolute Gasteiger partial charge is 0.175 e. The van der Waals surface area contributed by atoms with E-state index >= 15 is 0 Å². The summed E-state index contributed by atoms with van der Waals surface area (Å²) in [7, 11) is -3.61. The molecule has 10 heteroatoms. The van der Waals surface area contributed by atoms with Crippen molar-refractivity contribution in [1.29, 1.82) is 0 Å². The summed E-state index contributed by atoms with van der Waals surface area (Å²) in [5, 5.41) is 32.7. The molecule has 1 fully saturated rings. The Morgan fingerprint density at radius 1 is 1.14 bits per heavy atom. The molecular formula is C19H21N3O6S. The Morgan fingerprint density at radius 3 is 2.59 bits per heavy atom. The minimum absolute atomic E-state index is 0.0592. The monoisotopic (exact) mass is 419 g/mol. The molecule has 154 valence electrons. The lowest BCUT2D eigenvalue weighted by Gasteiger charge is -2.23. The summed E-state index contributed by atoms with van der Waals surface area (Å²) in [6.07, 6.45) is -2.43. The molecule has 1 aromatic carbocycles. The molecule has 3 aromatic rings. The second kappa shape index (κ2) is 7.15. The van der Waals surface area contributed by atoms with Crippen LogP contribution >= 0.6 is 0 Å². The average Bonchev–Trinajstić information content (AvgIpc) is 3.23. The quantitative estimate of drug-likeness (QED) is 0.556. The first-order valence-electron chi connectivity index (χ1n) is 8.97. The standard InChI is InChI=1S/C19H21N3O6S/c1-10-11-7-8-22(18(11)21-9-20-10)19-16(25)15(24)17(28-19)14(23)12-5-3-4-6-13(12)29(2,26)27/h3-9,14-17,19,23-25H,1-2H3/t14-,15+,16-,17-,19-/m1/s1. The van der Waals surface area contributed by atoms with Gasteiger partial charge in [0, 0.05) is 23.4 Å².